The number of fused-ring (bicyclic) bond motifs is 1. The highest BCUT2D eigenvalue weighted by atomic mass is 16.6. The molecule has 1 aliphatic heterocycles. The van der Waals surface area contributed by atoms with Crippen LogP contribution in [0.5, 0.6) is 0 Å². The van der Waals surface area contributed by atoms with E-state index < -0.39 is 0 Å². The van der Waals surface area contributed by atoms with Crippen LogP contribution in [0, 0.1) is 28.9 Å². The molecule has 2 fully saturated rings. The van der Waals surface area contributed by atoms with Gasteiger partial charge in [0.2, 0.25) is 0 Å². The summed E-state index contributed by atoms with van der Waals surface area (Å²) in [6, 6.07) is 0. The summed E-state index contributed by atoms with van der Waals surface area (Å²) >= 11 is 0. The highest BCUT2D eigenvalue weighted by Gasteiger charge is 2.44. The fraction of sp³-hybridized carbons (Fsp3) is 0.727. The SMILES string of the molecule is Cc1c([N+](=O)[O-])cnn1CCN1CC2CC2C1. The van der Waals surface area contributed by atoms with E-state index in [-0.39, 0.29) is 10.6 Å². The lowest BCUT2D eigenvalue weighted by Crippen LogP contribution is -2.27. The Morgan fingerprint density at radius 2 is 2.18 bits per heavy atom. The van der Waals surface area contributed by atoms with Crippen molar-refractivity contribution >= 4 is 5.69 Å². The van der Waals surface area contributed by atoms with Gasteiger partial charge >= 0.3 is 5.69 Å². The second kappa shape index (κ2) is 3.80. The Balaban J connectivity index is 1.59. The molecule has 0 N–H and O–H groups in total. The second-order valence-corrected chi connectivity index (χ2v) is 5.11. The van der Waals surface area contributed by atoms with Gasteiger partial charge in [0, 0.05) is 19.6 Å². The van der Waals surface area contributed by atoms with Gasteiger partial charge in [-0.1, -0.05) is 0 Å². The maximum Gasteiger partial charge on any atom is 0.309 e. The van der Waals surface area contributed by atoms with E-state index in [0.29, 0.717) is 5.69 Å². The molecule has 6 nitrogen and oxygen atoms in total. The zero-order valence-electron chi connectivity index (χ0n) is 9.87. The number of likely N-dealkylation sites (tertiary alicyclic amines) is 1. The Morgan fingerprint density at radius 3 is 2.76 bits per heavy atom. The van der Waals surface area contributed by atoms with Crippen LogP contribution in [0.25, 0.3) is 0 Å². The molecule has 92 valence electrons. The monoisotopic (exact) mass is 236 g/mol. The van der Waals surface area contributed by atoms with Gasteiger partial charge in [-0.15, -0.1) is 0 Å². The van der Waals surface area contributed by atoms with E-state index in [1.807, 2.05) is 0 Å². The van der Waals surface area contributed by atoms with Crippen LogP contribution in [0.2, 0.25) is 0 Å². The Labute approximate surface area is 99.4 Å². The molecule has 1 aliphatic carbocycles. The smallest absolute Gasteiger partial charge is 0.301 e. The quantitative estimate of drug-likeness (QED) is 0.579. The summed E-state index contributed by atoms with van der Waals surface area (Å²) in [5, 5.41) is 14.8. The van der Waals surface area contributed by atoms with Crippen molar-refractivity contribution in [2.24, 2.45) is 11.8 Å². The van der Waals surface area contributed by atoms with Crippen molar-refractivity contribution in [3.05, 3.63) is 22.0 Å². The molecular weight excluding hydrogens is 220 g/mol. The first-order valence-electron chi connectivity index (χ1n) is 6.04. The van der Waals surface area contributed by atoms with Gasteiger partial charge in [-0.05, 0) is 25.2 Å². The Morgan fingerprint density at radius 1 is 1.47 bits per heavy atom. The third kappa shape index (κ3) is 1.93. The molecule has 1 saturated heterocycles. The predicted molar refractivity (Wildman–Crippen MR) is 61.7 cm³/mol. The van der Waals surface area contributed by atoms with Crippen LogP contribution in [-0.2, 0) is 6.54 Å². The molecule has 2 heterocycles. The molecule has 1 aromatic rings. The molecule has 0 aromatic carbocycles. The van der Waals surface area contributed by atoms with E-state index in [1.54, 1.807) is 11.6 Å². The van der Waals surface area contributed by atoms with Crippen LogP contribution in [0.15, 0.2) is 6.20 Å². The maximum atomic E-state index is 10.7. The minimum Gasteiger partial charge on any atom is -0.301 e. The summed E-state index contributed by atoms with van der Waals surface area (Å²) < 4.78 is 1.74. The first kappa shape index (κ1) is 10.7. The Bertz CT molecular complexity index is 446. The number of nitrogens with zero attached hydrogens (tertiary/aromatic N) is 4. The van der Waals surface area contributed by atoms with E-state index in [0.717, 1.165) is 24.9 Å². The lowest BCUT2D eigenvalue weighted by atomic mass is 10.4. The fourth-order valence-corrected chi connectivity index (χ4v) is 2.76. The molecule has 0 amide bonds. The van der Waals surface area contributed by atoms with Gasteiger partial charge in [0.25, 0.3) is 0 Å². The third-order valence-electron chi connectivity index (χ3n) is 3.96. The van der Waals surface area contributed by atoms with Crippen molar-refractivity contribution in [2.75, 3.05) is 19.6 Å². The van der Waals surface area contributed by atoms with Crippen molar-refractivity contribution in [1.82, 2.24) is 14.7 Å². The highest BCUT2D eigenvalue weighted by Crippen LogP contribution is 2.44. The topological polar surface area (TPSA) is 64.2 Å². The predicted octanol–water partition coefficient (Wildman–Crippen LogP) is 1.05. The lowest BCUT2D eigenvalue weighted by Gasteiger charge is -2.17. The normalized spacial score (nSPS) is 27.1. The van der Waals surface area contributed by atoms with Crippen LogP contribution in [0.1, 0.15) is 12.1 Å². The minimum absolute atomic E-state index is 0.120. The van der Waals surface area contributed by atoms with Crippen LogP contribution in [0.4, 0.5) is 5.69 Å². The summed E-state index contributed by atoms with van der Waals surface area (Å²) in [6.45, 7) is 5.86. The summed E-state index contributed by atoms with van der Waals surface area (Å²) in [7, 11) is 0. The van der Waals surface area contributed by atoms with Crippen LogP contribution < -0.4 is 0 Å². The standard InChI is InChI=1S/C11H16N4O2/c1-8-11(15(16)17)5-12-14(8)3-2-13-6-9-4-10(9)7-13/h5,9-10H,2-4,6-7H2,1H3. The molecule has 2 unspecified atom stereocenters. The second-order valence-electron chi connectivity index (χ2n) is 5.11. The molecule has 3 rings (SSSR count). The number of hydrogen-bond acceptors (Lipinski definition) is 4. The largest absolute Gasteiger partial charge is 0.309 e. The van der Waals surface area contributed by atoms with Crippen molar-refractivity contribution < 1.29 is 4.92 Å². The third-order valence-corrected chi connectivity index (χ3v) is 3.96. The van der Waals surface area contributed by atoms with Crippen molar-refractivity contribution in [3.63, 3.8) is 0 Å². The molecule has 2 aliphatic rings. The highest BCUT2D eigenvalue weighted by molar-refractivity contribution is 5.31. The zero-order valence-corrected chi connectivity index (χ0v) is 9.87. The van der Waals surface area contributed by atoms with Crippen molar-refractivity contribution in [2.45, 2.75) is 19.9 Å². The number of rotatable bonds is 4. The van der Waals surface area contributed by atoms with E-state index in [4.69, 9.17) is 0 Å². The fourth-order valence-electron chi connectivity index (χ4n) is 2.76. The minimum atomic E-state index is -0.371. The lowest BCUT2D eigenvalue weighted by molar-refractivity contribution is -0.385. The van der Waals surface area contributed by atoms with Gasteiger partial charge in [-0.3, -0.25) is 14.8 Å². The molecule has 17 heavy (non-hydrogen) atoms. The van der Waals surface area contributed by atoms with E-state index in [1.165, 1.54) is 25.7 Å². The summed E-state index contributed by atoms with van der Waals surface area (Å²) in [5.74, 6) is 1.87. The van der Waals surface area contributed by atoms with Crippen LogP contribution in [0.3, 0.4) is 0 Å². The van der Waals surface area contributed by atoms with Gasteiger partial charge in [-0.2, -0.15) is 5.10 Å². The average molecular weight is 236 g/mol. The molecule has 1 aromatic heterocycles. The molecule has 6 heteroatoms. The number of hydrogen-bond donors (Lipinski definition) is 0. The molecule has 0 spiro atoms. The van der Waals surface area contributed by atoms with Crippen molar-refractivity contribution in [3.8, 4) is 0 Å². The molecular formula is C11H16N4O2. The van der Waals surface area contributed by atoms with Gasteiger partial charge in [-0.25, -0.2) is 0 Å². The van der Waals surface area contributed by atoms with Gasteiger partial charge < -0.3 is 4.90 Å². The number of nitro groups is 1. The van der Waals surface area contributed by atoms with E-state index >= 15 is 0 Å². The summed E-state index contributed by atoms with van der Waals surface area (Å²) in [4.78, 5) is 12.8. The van der Waals surface area contributed by atoms with Crippen molar-refractivity contribution in [1.29, 1.82) is 0 Å². The average Bonchev–Trinajstić information content (AvgIpc) is 2.72. The summed E-state index contributed by atoms with van der Waals surface area (Å²) in [5.41, 5.74) is 0.772. The van der Waals surface area contributed by atoms with E-state index in [2.05, 4.69) is 10.00 Å². The van der Waals surface area contributed by atoms with E-state index in [9.17, 15) is 10.1 Å². The van der Waals surface area contributed by atoms with Gasteiger partial charge in [0.05, 0.1) is 11.5 Å². The first-order chi connectivity index (χ1) is 8.15. The first-order valence-corrected chi connectivity index (χ1v) is 6.04. The summed E-state index contributed by atoms with van der Waals surface area (Å²) in [6.07, 6.45) is 2.75. The Kier molecular flexibility index (Phi) is 2.39. The Hall–Kier alpha value is -1.43. The maximum absolute atomic E-state index is 10.7. The molecule has 0 radical (unpaired) electrons. The van der Waals surface area contributed by atoms with Gasteiger partial charge in [0.15, 0.2) is 0 Å². The molecule has 1 saturated carbocycles. The van der Waals surface area contributed by atoms with Crippen LogP contribution in [-0.4, -0.2) is 39.2 Å². The number of aromatic nitrogens is 2. The van der Waals surface area contributed by atoms with Crippen LogP contribution >= 0.6 is 0 Å². The molecule has 0 bridgehead atoms. The number of piperidine rings is 1. The van der Waals surface area contributed by atoms with Gasteiger partial charge in [0.1, 0.15) is 11.9 Å². The molecule has 2 atom stereocenters. The zero-order chi connectivity index (χ0) is 12.0.